The van der Waals surface area contributed by atoms with Crippen LogP contribution >= 0.6 is 7.59 Å². The van der Waals surface area contributed by atoms with E-state index < -0.39 is 12.5 Å². The molecule has 0 bridgehead atoms. The monoisotopic (exact) mass is 271 g/mol. The Morgan fingerprint density at radius 3 is 2.78 bits per heavy atom. The number of benzene rings is 1. The van der Waals surface area contributed by atoms with E-state index in [1.54, 1.807) is 6.07 Å². The molecule has 0 saturated carbocycles. The Morgan fingerprint density at radius 1 is 1.44 bits per heavy atom. The molecule has 0 aliphatic carbocycles. The smallest absolute Gasteiger partial charge is 0.291 e. The van der Waals surface area contributed by atoms with Gasteiger partial charge in [0.1, 0.15) is 0 Å². The van der Waals surface area contributed by atoms with Gasteiger partial charge in [0.2, 0.25) is 0 Å². The highest BCUT2D eigenvalue weighted by Crippen LogP contribution is 2.32. The first kappa shape index (κ1) is 13.0. The van der Waals surface area contributed by atoms with Crippen molar-refractivity contribution in [1.82, 2.24) is 5.20 Å². The van der Waals surface area contributed by atoms with Gasteiger partial charge < -0.3 is 0 Å². The summed E-state index contributed by atoms with van der Waals surface area (Å²) in [5.41, 5.74) is 12.1. The van der Waals surface area contributed by atoms with Crippen LogP contribution in [0.2, 0.25) is 0 Å². The molecular weight excluding hydrogens is 257 g/mol. The quantitative estimate of drug-likeness (QED) is 0.423. The van der Waals surface area contributed by atoms with E-state index in [2.05, 4.69) is 5.20 Å². The molecule has 98 valence electrons. The van der Waals surface area contributed by atoms with Gasteiger partial charge in [0, 0.05) is 18.7 Å². The molecule has 0 amide bonds. The van der Waals surface area contributed by atoms with Gasteiger partial charge in [-0.05, 0) is 18.4 Å². The van der Waals surface area contributed by atoms with E-state index in [1.165, 1.54) is 17.1 Å². The number of nitrogens with zero attached hydrogens (tertiary/aromatic N) is 2. The van der Waals surface area contributed by atoms with Gasteiger partial charge in [-0.1, -0.05) is 6.07 Å². The lowest BCUT2D eigenvalue weighted by molar-refractivity contribution is -0.384. The molecule has 1 aliphatic rings. The van der Waals surface area contributed by atoms with Crippen molar-refractivity contribution in [3.05, 3.63) is 33.9 Å². The number of nitrogens with one attached hydrogen (secondary N) is 1. The van der Waals surface area contributed by atoms with Gasteiger partial charge in [-0.25, -0.2) is 0 Å². The third-order valence-electron chi connectivity index (χ3n) is 2.68. The summed E-state index contributed by atoms with van der Waals surface area (Å²) in [7, 11) is -3.42. The Hall–Kier alpha value is -1.47. The largest absolute Gasteiger partial charge is 0.300 e. The lowest BCUT2D eigenvalue weighted by Gasteiger charge is -2.32. The van der Waals surface area contributed by atoms with Crippen LogP contribution in [0.15, 0.2) is 18.2 Å². The number of hydrogen-bond donors (Lipinski definition) is 3. The van der Waals surface area contributed by atoms with Gasteiger partial charge >= 0.3 is 0 Å². The molecule has 0 aromatic heterocycles. The Kier molecular flexibility index (Phi) is 3.36. The first-order valence-corrected chi connectivity index (χ1v) is 7.21. The second-order valence-corrected chi connectivity index (χ2v) is 5.75. The third-order valence-corrected chi connectivity index (χ3v) is 3.23. The highest BCUT2D eigenvalue weighted by Gasteiger charge is 2.23. The summed E-state index contributed by atoms with van der Waals surface area (Å²) < 4.78 is 11.4. The minimum Gasteiger partial charge on any atom is -0.300 e. The molecule has 0 saturated heterocycles. The maximum atomic E-state index is 11.4. The number of anilines is 1. The minimum absolute atomic E-state index is 0.0219. The summed E-state index contributed by atoms with van der Waals surface area (Å²) in [5, 5.41) is 14.8. The summed E-state index contributed by atoms with van der Waals surface area (Å²) in [6.45, 7) is 0.548. The number of nitrogens with two attached hydrogens (primary N) is 2. The lowest BCUT2D eigenvalue weighted by atomic mass is 10.0. The van der Waals surface area contributed by atoms with E-state index in [9.17, 15) is 14.7 Å². The molecule has 2 rings (SSSR count). The van der Waals surface area contributed by atoms with Crippen molar-refractivity contribution >= 4 is 19.0 Å². The van der Waals surface area contributed by atoms with E-state index in [0.717, 1.165) is 18.4 Å². The van der Waals surface area contributed by atoms with Crippen molar-refractivity contribution in [3.8, 4) is 0 Å². The number of fused-ring (bicyclic) bond motifs is 1. The second kappa shape index (κ2) is 4.66. The first-order valence-electron chi connectivity index (χ1n) is 5.37. The fraction of sp³-hybridized carbons (Fsp3) is 0.333. The van der Waals surface area contributed by atoms with Crippen LogP contribution in [0.1, 0.15) is 12.0 Å². The van der Waals surface area contributed by atoms with Crippen LogP contribution in [0.5, 0.6) is 0 Å². The first-order chi connectivity index (χ1) is 8.37. The van der Waals surface area contributed by atoms with Crippen LogP contribution in [-0.2, 0) is 11.0 Å². The minimum atomic E-state index is -3.42. The number of nitro groups is 1. The van der Waals surface area contributed by atoms with Crippen molar-refractivity contribution in [2.75, 3.05) is 11.6 Å². The van der Waals surface area contributed by atoms with Crippen molar-refractivity contribution in [1.29, 1.82) is 0 Å². The Labute approximate surface area is 104 Å². The van der Waals surface area contributed by atoms with E-state index in [0.29, 0.717) is 12.2 Å². The van der Waals surface area contributed by atoms with E-state index in [-0.39, 0.29) is 5.69 Å². The number of rotatable bonds is 3. The molecule has 0 spiro atoms. The molecule has 0 radical (unpaired) electrons. The van der Waals surface area contributed by atoms with Crippen LogP contribution in [0.3, 0.4) is 0 Å². The van der Waals surface area contributed by atoms with Crippen LogP contribution in [0, 0.1) is 10.1 Å². The van der Waals surface area contributed by atoms with E-state index in [1.807, 2.05) is 0 Å². The van der Waals surface area contributed by atoms with Gasteiger partial charge in [-0.2, -0.15) is 5.20 Å². The number of hydrogen-bond acceptors (Lipinski definition) is 4. The van der Waals surface area contributed by atoms with Crippen LogP contribution in [0.4, 0.5) is 11.4 Å². The average molecular weight is 271 g/mol. The summed E-state index contributed by atoms with van der Waals surface area (Å²) in [6.07, 6.45) is 1.64. The fourth-order valence-corrected chi connectivity index (χ4v) is 2.55. The van der Waals surface area contributed by atoms with Crippen molar-refractivity contribution < 1.29 is 9.49 Å². The zero-order valence-electron chi connectivity index (χ0n) is 9.57. The van der Waals surface area contributed by atoms with Gasteiger partial charge in [-0.15, -0.1) is 0 Å². The predicted octanol–water partition coefficient (Wildman–Crippen LogP) is 0.878. The maximum absolute atomic E-state index is 11.4. The molecule has 9 heteroatoms. The Balaban J connectivity index is 2.37. The highest BCUT2D eigenvalue weighted by atomic mass is 31.2. The lowest BCUT2D eigenvalue weighted by Crippen LogP contribution is -2.43. The van der Waals surface area contributed by atoms with Gasteiger partial charge in [0.15, 0.2) is 0 Å². The number of hydrazine groups is 1. The summed E-state index contributed by atoms with van der Waals surface area (Å²) >= 11 is 0. The van der Waals surface area contributed by atoms with Crippen molar-refractivity contribution in [2.45, 2.75) is 12.8 Å². The Bertz CT molecular complexity index is 529. The summed E-state index contributed by atoms with van der Waals surface area (Å²) in [5.74, 6) is 0. The van der Waals surface area contributed by atoms with Gasteiger partial charge in [0.25, 0.3) is 13.3 Å². The fourth-order valence-electron chi connectivity index (χ4n) is 1.97. The third kappa shape index (κ3) is 2.85. The SMILES string of the molecule is NP(N)(=O)NN1CCCc2ccc([N+](=O)[O-])cc21. The van der Waals surface area contributed by atoms with E-state index in [4.69, 9.17) is 11.0 Å². The van der Waals surface area contributed by atoms with Gasteiger partial charge in [-0.3, -0.25) is 30.7 Å². The molecule has 5 N–H and O–H groups in total. The standard InChI is InChI=1S/C9H14N5O3P/c10-18(11,17)12-13-5-1-2-7-3-4-8(14(15)16)6-9(7)13/h3-4,6H,1-2,5H2,(H5,10,11,12,17). The molecule has 1 aromatic rings. The molecule has 0 fully saturated rings. The molecule has 8 nitrogen and oxygen atoms in total. The topological polar surface area (TPSA) is 128 Å². The second-order valence-electron chi connectivity index (χ2n) is 4.13. The normalized spacial score (nSPS) is 15.3. The highest BCUT2D eigenvalue weighted by molar-refractivity contribution is 7.56. The average Bonchev–Trinajstić information content (AvgIpc) is 2.26. The Morgan fingerprint density at radius 2 is 2.17 bits per heavy atom. The van der Waals surface area contributed by atoms with Crippen LogP contribution in [0.25, 0.3) is 0 Å². The molecular formula is C9H14N5O3P. The molecule has 0 unspecified atom stereocenters. The van der Waals surface area contributed by atoms with Crippen molar-refractivity contribution in [3.63, 3.8) is 0 Å². The number of nitro benzene ring substituents is 1. The molecule has 1 heterocycles. The maximum Gasteiger partial charge on any atom is 0.291 e. The molecule has 1 aliphatic heterocycles. The van der Waals surface area contributed by atoms with E-state index >= 15 is 0 Å². The number of non-ortho nitro benzene ring substituents is 1. The zero-order valence-corrected chi connectivity index (χ0v) is 10.5. The van der Waals surface area contributed by atoms with Crippen LogP contribution in [-0.4, -0.2) is 11.5 Å². The van der Waals surface area contributed by atoms with Crippen LogP contribution < -0.4 is 21.2 Å². The van der Waals surface area contributed by atoms with Crippen molar-refractivity contribution in [2.24, 2.45) is 11.0 Å². The van der Waals surface area contributed by atoms with Gasteiger partial charge in [0.05, 0.1) is 10.6 Å². The summed E-state index contributed by atoms with van der Waals surface area (Å²) in [6, 6.07) is 4.57. The molecule has 1 aromatic carbocycles. The predicted molar refractivity (Wildman–Crippen MR) is 67.9 cm³/mol. The number of aryl methyl sites for hydroxylation is 1. The molecule has 0 atom stereocenters. The molecule has 18 heavy (non-hydrogen) atoms. The zero-order chi connectivity index (χ0) is 13.3. The summed E-state index contributed by atoms with van der Waals surface area (Å²) in [4.78, 5) is 10.3.